The molecule has 6 heteroatoms. The fourth-order valence-electron chi connectivity index (χ4n) is 22.8. The van der Waals surface area contributed by atoms with Crippen LogP contribution in [0, 0.1) is 125 Å². The maximum absolute atomic E-state index is 2.66. The summed E-state index contributed by atoms with van der Waals surface area (Å²) in [6, 6.07) is 93.1. The fraction of sp³-hybridized carbons (Fsp3) is 0.211. The van der Waals surface area contributed by atoms with Crippen molar-refractivity contribution >= 4 is 192 Å². The largest absolute Gasteiger partial charge is 0.244 e. The molecule has 0 aliphatic heterocycles. The van der Waals surface area contributed by atoms with Crippen molar-refractivity contribution < 1.29 is 0 Å². The molecule has 0 amide bonds. The summed E-state index contributed by atoms with van der Waals surface area (Å²) < 4.78 is 0. The lowest BCUT2D eigenvalue weighted by Gasteiger charge is -2.30. The fourth-order valence-corrected chi connectivity index (χ4v) is 30.6. The molecule has 0 bridgehead atoms. The molecule has 0 saturated heterocycles. The first-order chi connectivity index (χ1) is 57.2. The number of hydrogen-bond donors (Lipinski definition) is 0. The third-order valence-corrected chi connectivity index (χ3v) is 35.4. The van der Waals surface area contributed by atoms with Crippen molar-refractivity contribution in [3.8, 4) is 0 Å². The molecule has 120 heavy (non-hydrogen) atoms. The molecule has 0 nitrogen and oxygen atoms in total. The van der Waals surface area contributed by atoms with E-state index in [0.717, 1.165) is 0 Å². The normalized spacial score (nSPS) is 12.4. The van der Waals surface area contributed by atoms with Crippen LogP contribution in [0.4, 0.5) is 0 Å². The Bertz CT molecular complexity index is 5840. The second-order valence-electron chi connectivity index (χ2n) is 37.9. The summed E-state index contributed by atoms with van der Waals surface area (Å²) in [6.07, 6.45) is 7.54. The second-order valence-corrected chi connectivity index (χ2v) is 50.7. The molecule has 0 unspecified atom stereocenters. The zero-order chi connectivity index (χ0) is 85.0. The highest BCUT2D eigenvalue weighted by Gasteiger charge is 2.39. The first kappa shape index (κ1) is 82.8. The predicted molar refractivity (Wildman–Crippen MR) is 547 cm³/mol. The van der Waals surface area contributed by atoms with E-state index in [9.17, 15) is 0 Å². The average molecular weight is 1600 g/mol. The van der Waals surface area contributed by atoms with Crippen molar-refractivity contribution in [1.29, 1.82) is 0 Å². The second kappa shape index (κ2) is 32.3. The molecule has 0 aliphatic carbocycles. The molecule has 0 fully saturated rings. The van der Waals surface area contributed by atoms with Crippen LogP contribution in [0.15, 0.2) is 254 Å². The van der Waals surface area contributed by atoms with E-state index in [2.05, 4.69) is 436 Å². The highest BCUT2D eigenvalue weighted by Crippen LogP contribution is 2.33. The Morgan fingerprint density at radius 2 is 0.308 bits per heavy atom. The van der Waals surface area contributed by atoms with Gasteiger partial charge in [0.15, 0.2) is 0 Å². The summed E-state index contributed by atoms with van der Waals surface area (Å²) in [5.74, 6) is 0. The molecule has 16 aromatic carbocycles. The van der Waals surface area contributed by atoms with Gasteiger partial charge >= 0.3 is 0 Å². The third-order valence-electron chi connectivity index (χ3n) is 27.0. The molecule has 0 heterocycles. The van der Waals surface area contributed by atoms with Crippen LogP contribution in [0.3, 0.4) is 0 Å². The van der Waals surface area contributed by atoms with Crippen LogP contribution in [-0.4, -0.2) is 44.4 Å². The summed E-state index contributed by atoms with van der Waals surface area (Å²) in [7, 11) is -7.63. The lowest BCUT2D eigenvalue weighted by Crippen LogP contribution is -2.57. The number of rotatable bonds is 18. The Kier molecular flexibility index (Phi) is 22.3. The first-order valence-corrected chi connectivity index (χ1v) is 52.9. The maximum atomic E-state index is 2.66. The van der Waals surface area contributed by atoms with Crippen LogP contribution >= 0.6 is 0 Å². The van der Waals surface area contributed by atoms with E-state index in [-0.39, 0.29) is 20.1 Å². The number of hydrogen-bond acceptors (Lipinski definition) is 0. The van der Waals surface area contributed by atoms with Crippen molar-refractivity contribution in [2.45, 2.75) is 164 Å². The van der Waals surface area contributed by atoms with E-state index in [0.29, 0.717) is 0 Å². The Labute approximate surface area is 721 Å². The molecule has 0 radical (unpaired) electrons. The van der Waals surface area contributed by atoms with Crippen molar-refractivity contribution in [2.75, 3.05) is 0 Å². The van der Waals surface area contributed by atoms with Crippen LogP contribution in [0.2, 0.25) is 39.3 Å². The molecule has 0 aliphatic rings. The smallest absolute Gasteiger partial charge is 0.0896 e. The van der Waals surface area contributed by atoms with Crippen molar-refractivity contribution in [3.05, 3.63) is 371 Å². The molecular weight excluding hydrogens is 1490 g/mol. The van der Waals surface area contributed by atoms with Gasteiger partial charge in [0.1, 0.15) is 24.2 Å². The van der Waals surface area contributed by atoms with Crippen LogP contribution in [-0.2, 0) is 0 Å². The molecule has 0 atom stereocenters. The molecule has 16 rings (SSSR count). The number of fused-ring (bicyclic) bond motifs is 6. The Morgan fingerprint density at radius 3 is 0.450 bits per heavy atom. The standard InChI is InChI=1S/C114H117B3Si3/c1-70-55-76(7)103(77(8)56-70)115(104-78(9)57-71(2)58-79(104)10)109-91-37-25-31-43-97(91)112(98-44-32-26-38-92(98)109)118(19,20)52-49-88-67-89(50-53-119(21,22)113-99-45-33-27-39-93(99)110(94-40-28-34-46-100(94)113)116(105-80(11)59-72(3)60-81(105)12)106-82(13)61-73(4)62-83(106)14)69-90(68-88)51-54-120(23,24)114-101-47-35-29-41-95(101)111(96-42-30-36-48-102(96)114)117(107-84(15)63-74(5)64-85(107)16)108-86(17)65-75(6)66-87(108)18/h25-69H,1-24H3/b52-49+,53-50+,54-51+. The van der Waals surface area contributed by atoms with Gasteiger partial charge in [-0.2, -0.15) is 0 Å². The lowest BCUT2D eigenvalue weighted by atomic mass is 9.33. The summed E-state index contributed by atoms with van der Waals surface area (Å²) in [5, 5.41) is 20.6. The Morgan fingerprint density at radius 1 is 0.175 bits per heavy atom. The van der Waals surface area contributed by atoms with Crippen LogP contribution in [0.25, 0.3) is 82.9 Å². The molecule has 594 valence electrons. The summed E-state index contributed by atoms with van der Waals surface area (Å²) in [5.41, 5.74) is 48.2. The summed E-state index contributed by atoms with van der Waals surface area (Å²) >= 11 is 0. The number of benzene rings is 16. The van der Waals surface area contributed by atoms with Gasteiger partial charge in [-0.15, -0.1) is 0 Å². The monoisotopic (exact) mass is 1600 g/mol. The van der Waals surface area contributed by atoms with Gasteiger partial charge in [-0.1, -0.05) is 442 Å². The minimum Gasteiger partial charge on any atom is -0.0896 e. The maximum Gasteiger partial charge on any atom is 0.244 e. The Balaban J connectivity index is 0.884. The molecule has 0 spiro atoms. The van der Waals surface area contributed by atoms with E-state index in [1.165, 1.54) is 246 Å². The van der Waals surface area contributed by atoms with Crippen LogP contribution in [0.1, 0.15) is 117 Å². The van der Waals surface area contributed by atoms with Crippen molar-refractivity contribution in [1.82, 2.24) is 0 Å². The molecule has 0 aromatic heterocycles. The molecular formula is C114H117B3Si3. The quantitative estimate of drug-likeness (QED) is 0.0593. The minimum absolute atomic E-state index is 0.0120. The van der Waals surface area contributed by atoms with Gasteiger partial charge in [-0.25, -0.2) is 0 Å². The number of aryl methyl sites for hydroxylation is 18. The summed E-state index contributed by atoms with van der Waals surface area (Å²) in [6.45, 7) is 57.2. The topological polar surface area (TPSA) is 0 Å². The highest BCUT2D eigenvalue weighted by atomic mass is 28.3. The van der Waals surface area contributed by atoms with Gasteiger partial charge in [0.05, 0.1) is 0 Å². The van der Waals surface area contributed by atoms with Gasteiger partial charge in [0, 0.05) is 0 Å². The SMILES string of the molecule is Cc1cc(C)c(B(c2c(C)cc(C)cc2C)c2c3ccccc3c([Si](C)(C)/C=C/c3cc(/C=C/[Si](C)(C)c4c5ccccc5c(B(c5c(C)cc(C)cc5C)c5c(C)cc(C)cc5C)c5ccccc45)cc(/C=C/[Si](C)(C)c4c5ccccc5c(B(c5c(C)cc(C)cc5C)c5c(C)cc(C)cc5C)c5ccccc45)c3)c3ccccc23)c(C)c1. The highest BCUT2D eigenvalue weighted by molar-refractivity contribution is 7.04. The van der Waals surface area contributed by atoms with Gasteiger partial charge in [-0.05, 0) is 240 Å². The van der Waals surface area contributed by atoms with Crippen LogP contribution in [0.5, 0.6) is 0 Å². The summed E-state index contributed by atoms with van der Waals surface area (Å²) in [4.78, 5) is 0. The lowest BCUT2D eigenvalue weighted by molar-refractivity contribution is 1.34. The van der Waals surface area contributed by atoms with E-state index in [1.54, 1.807) is 0 Å². The first-order valence-electron chi connectivity index (χ1n) is 43.7. The Hall–Kier alpha value is -10.9. The zero-order valence-corrected chi connectivity index (χ0v) is 78.7. The third kappa shape index (κ3) is 15.1. The van der Waals surface area contributed by atoms with E-state index in [1.807, 2.05) is 0 Å². The average Bonchev–Trinajstić information content (AvgIpc) is 0.725. The zero-order valence-electron chi connectivity index (χ0n) is 75.7. The van der Waals surface area contributed by atoms with E-state index >= 15 is 0 Å². The molecule has 16 aromatic rings. The van der Waals surface area contributed by atoms with E-state index < -0.39 is 24.2 Å². The molecule has 0 N–H and O–H groups in total. The van der Waals surface area contributed by atoms with Gasteiger partial charge < -0.3 is 0 Å². The minimum atomic E-state index is -2.54. The van der Waals surface area contributed by atoms with Gasteiger partial charge in [0.25, 0.3) is 0 Å². The van der Waals surface area contributed by atoms with Crippen molar-refractivity contribution in [3.63, 3.8) is 0 Å². The molecule has 0 saturated carbocycles. The van der Waals surface area contributed by atoms with Gasteiger partial charge in [-0.3, -0.25) is 0 Å². The predicted octanol–water partition coefficient (Wildman–Crippen LogP) is 22.2. The van der Waals surface area contributed by atoms with Crippen molar-refractivity contribution in [2.24, 2.45) is 0 Å². The van der Waals surface area contributed by atoms with E-state index in [4.69, 9.17) is 0 Å². The van der Waals surface area contributed by atoms with Gasteiger partial charge in [0.2, 0.25) is 20.1 Å². The van der Waals surface area contributed by atoms with Crippen LogP contribution < -0.4 is 64.7 Å².